The summed E-state index contributed by atoms with van der Waals surface area (Å²) in [7, 11) is 0. The van der Waals surface area contributed by atoms with Crippen LogP contribution in [-0.4, -0.2) is 10.8 Å². The molecule has 0 amide bonds. The largest absolute Gasteiger partial charge is 0.275 e. The molecule has 0 bridgehead atoms. The van der Waals surface area contributed by atoms with Gasteiger partial charge in [0.25, 0.3) is 0 Å². The number of fused-ring (bicyclic) bond motifs is 1. The summed E-state index contributed by atoms with van der Waals surface area (Å²) < 4.78 is 1.14. The molecule has 39 heavy (non-hydrogen) atoms. The Bertz CT molecular complexity index is 1600. The molecule has 0 fully saturated rings. The van der Waals surface area contributed by atoms with Gasteiger partial charge < -0.3 is 0 Å². The van der Waals surface area contributed by atoms with Gasteiger partial charge in [0.15, 0.2) is 12.0 Å². The summed E-state index contributed by atoms with van der Waals surface area (Å²) in [4.78, 5) is 5.01. The van der Waals surface area contributed by atoms with Gasteiger partial charge in [0.05, 0.1) is 15.9 Å². The van der Waals surface area contributed by atoms with Gasteiger partial charge in [-0.2, -0.15) is 5.10 Å². The summed E-state index contributed by atoms with van der Waals surface area (Å²) in [5.41, 5.74) is 8.68. The Hall–Kier alpha value is -4.60. The molecule has 0 saturated carbocycles. The summed E-state index contributed by atoms with van der Waals surface area (Å²) in [6.07, 6.45) is 2.95. The average molecular weight is 528 g/mol. The molecule has 0 radical (unpaired) electrons. The predicted octanol–water partition coefficient (Wildman–Crippen LogP) is 7.73. The fourth-order valence-corrected chi connectivity index (χ4v) is 5.49. The fraction of sp³-hybridized carbons (Fsp3) is 0.152. The standard InChI is InChI=1S/C33H29N5S/c1-2-3-4-7-14-25-21-23-28(24-22-25)37-32(27-17-10-6-11-18-27)38(33-34-29-19-12-13-20-30(29)39-33)36-31(35-37)26-15-8-5-9-16-26/h5-6,8-13,15-24,32H,2-4H2,1H3,(H,35,36). The molecule has 1 aliphatic heterocycles. The van der Waals surface area contributed by atoms with Crippen molar-refractivity contribution in [3.8, 4) is 11.8 Å². The average Bonchev–Trinajstić information content (AvgIpc) is 3.44. The number of thiazole rings is 1. The van der Waals surface area contributed by atoms with Crippen LogP contribution in [0, 0.1) is 11.8 Å². The van der Waals surface area contributed by atoms with Crippen molar-refractivity contribution in [3.63, 3.8) is 0 Å². The van der Waals surface area contributed by atoms with Crippen molar-refractivity contribution in [2.75, 3.05) is 10.0 Å². The highest BCUT2D eigenvalue weighted by molar-refractivity contribution is 7.22. The third kappa shape index (κ3) is 5.36. The van der Waals surface area contributed by atoms with Crippen LogP contribution >= 0.6 is 11.3 Å². The first-order valence-electron chi connectivity index (χ1n) is 13.3. The van der Waals surface area contributed by atoms with Gasteiger partial charge in [-0.1, -0.05) is 109 Å². The van der Waals surface area contributed by atoms with Crippen molar-refractivity contribution in [2.45, 2.75) is 32.4 Å². The predicted molar refractivity (Wildman–Crippen MR) is 163 cm³/mol. The van der Waals surface area contributed by atoms with Crippen LogP contribution in [0.1, 0.15) is 49.0 Å². The number of anilines is 2. The molecule has 5 nitrogen and oxygen atoms in total. The lowest BCUT2D eigenvalue weighted by molar-refractivity contribution is 0.537. The number of aromatic nitrogens is 1. The van der Waals surface area contributed by atoms with E-state index in [1.165, 1.54) is 0 Å². The highest BCUT2D eigenvalue weighted by Gasteiger charge is 2.35. The molecule has 1 N–H and O–H groups in total. The number of benzene rings is 4. The van der Waals surface area contributed by atoms with Crippen molar-refractivity contribution in [2.24, 2.45) is 5.10 Å². The molecule has 5 aromatic rings. The van der Waals surface area contributed by atoms with E-state index in [1.807, 2.05) is 30.3 Å². The van der Waals surface area contributed by atoms with Crippen LogP contribution in [0.5, 0.6) is 0 Å². The lowest BCUT2D eigenvalue weighted by Gasteiger charge is -2.42. The maximum atomic E-state index is 5.16. The van der Waals surface area contributed by atoms with E-state index in [0.717, 1.165) is 62.8 Å². The van der Waals surface area contributed by atoms with Gasteiger partial charge in [-0.05, 0) is 48.4 Å². The van der Waals surface area contributed by atoms with Crippen LogP contribution in [0.4, 0.5) is 10.8 Å². The molecule has 2 heterocycles. The van der Waals surface area contributed by atoms with E-state index in [0.29, 0.717) is 0 Å². The Morgan fingerprint density at radius 3 is 2.31 bits per heavy atom. The molecule has 0 spiro atoms. The first-order valence-corrected chi connectivity index (χ1v) is 14.1. The zero-order valence-corrected chi connectivity index (χ0v) is 22.6. The molecule has 6 rings (SSSR count). The van der Waals surface area contributed by atoms with E-state index in [1.54, 1.807) is 11.3 Å². The van der Waals surface area contributed by atoms with Crippen LogP contribution in [0.2, 0.25) is 0 Å². The number of hydrogen-bond acceptors (Lipinski definition) is 6. The van der Waals surface area contributed by atoms with Gasteiger partial charge in [-0.25, -0.2) is 15.0 Å². The summed E-state index contributed by atoms with van der Waals surface area (Å²) in [6, 6.07) is 37.3. The highest BCUT2D eigenvalue weighted by Crippen LogP contribution is 2.38. The molecule has 4 aromatic carbocycles. The summed E-state index contributed by atoms with van der Waals surface area (Å²) in [6.45, 7) is 2.19. The zero-order valence-electron chi connectivity index (χ0n) is 21.8. The Morgan fingerprint density at radius 1 is 0.846 bits per heavy atom. The first kappa shape index (κ1) is 24.7. The number of hydrogen-bond donors (Lipinski definition) is 1. The third-order valence-corrected chi connectivity index (χ3v) is 7.60. The Morgan fingerprint density at radius 2 is 1.56 bits per heavy atom. The second-order valence-electron chi connectivity index (χ2n) is 9.34. The van der Waals surface area contributed by atoms with Gasteiger partial charge in [-0.15, -0.1) is 0 Å². The topological polar surface area (TPSA) is 43.8 Å². The molecular formula is C33H29N5S. The number of amidine groups is 1. The molecule has 1 atom stereocenters. The summed E-state index contributed by atoms with van der Waals surface area (Å²) >= 11 is 1.66. The molecular weight excluding hydrogens is 498 g/mol. The number of hydrazone groups is 1. The zero-order chi connectivity index (χ0) is 26.4. The van der Waals surface area contributed by atoms with Crippen molar-refractivity contribution < 1.29 is 0 Å². The molecule has 1 aliphatic rings. The molecule has 6 heteroatoms. The summed E-state index contributed by atoms with van der Waals surface area (Å²) in [5.74, 6) is 7.35. The molecule has 1 aromatic heterocycles. The van der Waals surface area contributed by atoms with Crippen LogP contribution < -0.4 is 15.4 Å². The normalized spacial score (nSPS) is 14.9. The second kappa shape index (κ2) is 11.4. The number of rotatable bonds is 6. The Kier molecular flexibility index (Phi) is 7.24. The molecule has 0 saturated heterocycles. The van der Waals surface area contributed by atoms with E-state index in [4.69, 9.17) is 10.1 Å². The fourth-order valence-electron chi connectivity index (χ4n) is 4.54. The van der Waals surface area contributed by atoms with Gasteiger partial charge >= 0.3 is 0 Å². The van der Waals surface area contributed by atoms with E-state index in [-0.39, 0.29) is 6.17 Å². The van der Waals surface area contributed by atoms with Crippen LogP contribution in [0.25, 0.3) is 10.2 Å². The van der Waals surface area contributed by atoms with Crippen LogP contribution in [0.3, 0.4) is 0 Å². The van der Waals surface area contributed by atoms with E-state index >= 15 is 0 Å². The van der Waals surface area contributed by atoms with Crippen LogP contribution in [0.15, 0.2) is 114 Å². The lowest BCUT2D eigenvalue weighted by atomic mass is 10.1. The second-order valence-corrected chi connectivity index (χ2v) is 10.4. The van der Waals surface area contributed by atoms with E-state index in [9.17, 15) is 0 Å². The van der Waals surface area contributed by atoms with Crippen molar-refractivity contribution >= 4 is 38.2 Å². The van der Waals surface area contributed by atoms with Gasteiger partial charge in [-0.3, -0.25) is 5.43 Å². The Balaban J connectivity index is 1.47. The smallest absolute Gasteiger partial charge is 0.207 e. The number of nitrogens with zero attached hydrogens (tertiary/aromatic N) is 4. The first-order chi connectivity index (χ1) is 19.3. The minimum Gasteiger partial charge on any atom is -0.275 e. The highest BCUT2D eigenvalue weighted by atomic mass is 32.1. The van der Waals surface area contributed by atoms with E-state index in [2.05, 4.69) is 113 Å². The third-order valence-electron chi connectivity index (χ3n) is 6.56. The van der Waals surface area contributed by atoms with Crippen molar-refractivity contribution in [1.29, 1.82) is 0 Å². The maximum absolute atomic E-state index is 5.16. The minimum absolute atomic E-state index is 0.263. The number of unbranched alkanes of at least 4 members (excludes halogenated alkanes) is 2. The number of hydrazine groups is 1. The van der Waals surface area contributed by atoms with E-state index < -0.39 is 0 Å². The minimum atomic E-state index is -0.263. The monoisotopic (exact) mass is 527 g/mol. The maximum Gasteiger partial charge on any atom is 0.207 e. The number of nitrogens with one attached hydrogen (secondary N) is 1. The van der Waals surface area contributed by atoms with Crippen LogP contribution in [-0.2, 0) is 0 Å². The Labute approximate surface area is 233 Å². The molecule has 192 valence electrons. The van der Waals surface area contributed by atoms with Crippen molar-refractivity contribution in [1.82, 2.24) is 10.4 Å². The number of para-hydroxylation sites is 1. The quantitative estimate of drug-likeness (QED) is 0.181. The van der Waals surface area contributed by atoms with Gasteiger partial charge in [0.1, 0.15) is 0 Å². The lowest BCUT2D eigenvalue weighted by Crippen LogP contribution is -2.55. The van der Waals surface area contributed by atoms with Crippen molar-refractivity contribution in [3.05, 3.63) is 126 Å². The summed E-state index contributed by atoms with van der Waals surface area (Å²) in [5, 5.41) is 10.2. The SMILES string of the molecule is CCCCC#Cc1ccc(N2N=C(c3ccccc3)NN(c3nc4ccccc4s3)C2c2ccccc2)cc1. The molecule has 0 aliphatic carbocycles. The van der Waals surface area contributed by atoms with Gasteiger partial charge in [0, 0.05) is 17.5 Å². The molecule has 1 unspecified atom stereocenters. The van der Waals surface area contributed by atoms with Gasteiger partial charge in [0.2, 0.25) is 5.13 Å².